The number of benzene rings is 2. The van der Waals surface area contributed by atoms with Crippen LogP contribution in [0.5, 0.6) is 0 Å². The molecule has 0 aliphatic carbocycles. The summed E-state index contributed by atoms with van der Waals surface area (Å²) in [4.78, 5) is 8.26. The predicted molar refractivity (Wildman–Crippen MR) is 76.8 cm³/mol. The van der Waals surface area contributed by atoms with Crippen molar-refractivity contribution in [2.45, 2.75) is 0 Å². The fraction of sp³-hybridized carbons (Fsp3) is 0. The summed E-state index contributed by atoms with van der Waals surface area (Å²) in [6.45, 7) is 0. The second-order valence-corrected chi connectivity index (χ2v) is 4.91. The smallest absolute Gasteiger partial charge is 0.224 e. The number of rotatable bonds is 0. The molecule has 0 radical (unpaired) electrons. The number of para-hydroxylation sites is 1. The van der Waals surface area contributed by atoms with Crippen molar-refractivity contribution in [1.82, 2.24) is 9.97 Å². The van der Waals surface area contributed by atoms with Gasteiger partial charge in [-0.1, -0.05) is 29.8 Å². The molecule has 0 aliphatic heterocycles. The Morgan fingerprint density at radius 2 is 1.68 bits per heavy atom. The van der Waals surface area contributed by atoms with Crippen LogP contribution >= 0.6 is 23.2 Å². The lowest BCUT2D eigenvalue weighted by atomic mass is 10.1. The topological polar surface area (TPSA) is 38.9 Å². The molecule has 0 atom stereocenters. The van der Waals surface area contributed by atoms with Crippen LogP contribution in [0.3, 0.4) is 0 Å². The Hall–Kier alpha value is -1.84. The number of furan rings is 1. The summed E-state index contributed by atoms with van der Waals surface area (Å²) in [7, 11) is 0. The minimum Gasteiger partial charge on any atom is -0.456 e. The fourth-order valence-electron chi connectivity index (χ4n) is 2.34. The first-order valence-corrected chi connectivity index (χ1v) is 6.42. The van der Waals surface area contributed by atoms with E-state index in [0.29, 0.717) is 10.7 Å². The Labute approximate surface area is 117 Å². The van der Waals surface area contributed by atoms with Crippen molar-refractivity contribution in [1.29, 1.82) is 0 Å². The van der Waals surface area contributed by atoms with Crippen molar-refractivity contribution >= 4 is 56.0 Å². The van der Waals surface area contributed by atoms with Gasteiger partial charge in [0.25, 0.3) is 0 Å². The molecule has 4 aromatic rings. The molecule has 0 bridgehead atoms. The van der Waals surface area contributed by atoms with Crippen molar-refractivity contribution in [2.75, 3.05) is 0 Å². The van der Waals surface area contributed by atoms with Crippen molar-refractivity contribution in [3.8, 4) is 0 Å². The molecule has 0 aliphatic rings. The number of hydrogen-bond acceptors (Lipinski definition) is 3. The summed E-state index contributed by atoms with van der Waals surface area (Å²) in [5.41, 5.74) is 2.29. The maximum Gasteiger partial charge on any atom is 0.224 e. The summed E-state index contributed by atoms with van der Waals surface area (Å²) in [6.07, 6.45) is 0. The highest BCUT2D eigenvalue weighted by Crippen LogP contribution is 2.35. The Bertz CT molecular complexity index is 946. The largest absolute Gasteiger partial charge is 0.456 e. The molecule has 2 heterocycles. The number of hydrogen-bond donors (Lipinski definition) is 0. The van der Waals surface area contributed by atoms with Crippen LogP contribution in [0.15, 0.2) is 40.8 Å². The van der Waals surface area contributed by atoms with Gasteiger partial charge in [-0.25, -0.2) is 9.97 Å². The second-order valence-electron chi connectivity index (χ2n) is 4.22. The van der Waals surface area contributed by atoms with E-state index < -0.39 is 0 Å². The highest BCUT2D eigenvalue weighted by atomic mass is 35.5. The molecular weight excluding hydrogens is 283 g/mol. The quantitative estimate of drug-likeness (QED) is 0.343. The van der Waals surface area contributed by atoms with Crippen LogP contribution in [-0.2, 0) is 0 Å². The van der Waals surface area contributed by atoms with E-state index in [4.69, 9.17) is 27.6 Å². The van der Waals surface area contributed by atoms with Crippen LogP contribution in [-0.4, -0.2) is 9.97 Å². The third-order valence-electron chi connectivity index (χ3n) is 3.13. The zero-order chi connectivity index (χ0) is 13.0. The van der Waals surface area contributed by atoms with Gasteiger partial charge >= 0.3 is 0 Å². The SMILES string of the molecule is Clc1nc(Cl)c2ccc3oc4ccccc4c3c2n1. The third-order valence-corrected chi connectivity index (χ3v) is 3.59. The third kappa shape index (κ3) is 1.52. The molecule has 5 heteroatoms. The molecule has 4 rings (SSSR count). The zero-order valence-corrected chi connectivity index (χ0v) is 11.0. The minimum atomic E-state index is 0.135. The summed E-state index contributed by atoms with van der Waals surface area (Å²) in [6, 6.07) is 11.5. The van der Waals surface area contributed by atoms with Gasteiger partial charge in [-0.05, 0) is 29.8 Å². The number of nitrogens with zero attached hydrogens (tertiary/aromatic N) is 2. The van der Waals surface area contributed by atoms with Crippen molar-refractivity contribution in [3.63, 3.8) is 0 Å². The van der Waals surface area contributed by atoms with E-state index in [9.17, 15) is 0 Å². The normalized spacial score (nSPS) is 11.7. The van der Waals surface area contributed by atoms with Crippen LogP contribution in [0.1, 0.15) is 0 Å². The monoisotopic (exact) mass is 288 g/mol. The lowest BCUT2D eigenvalue weighted by Gasteiger charge is -2.01. The average Bonchev–Trinajstić information content (AvgIpc) is 2.77. The molecule has 2 aromatic carbocycles. The highest BCUT2D eigenvalue weighted by Gasteiger charge is 2.13. The van der Waals surface area contributed by atoms with Crippen molar-refractivity contribution in [3.05, 3.63) is 46.8 Å². The summed E-state index contributed by atoms with van der Waals surface area (Å²) in [5, 5.41) is 3.16. The molecule has 0 fully saturated rings. The Morgan fingerprint density at radius 3 is 2.58 bits per heavy atom. The molecule has 0 N–H and O–H groups in total. The van der Waals surface area contributed by atoms with Crippen LogP contribution in [0, 0.1) is 0 Å². The van der Waals surface area contributed by atoms with E-state index in [-0.39, 0.29) is 5.28 Å². The van der Waals surface area contributed by atoms with Crippen LogP contribution in [0.25, 0.3) is 32.8 Å². The van der Waals surface area contributed by atoms with E-state index in [1.807, 2.05) is 36.4 Å². The predicted octanol–water partition coefficient (Wildman–Crippen LogP) is 4.84. The molecule has 0 saturated heterocycles. The maximum absolute atomic E-state index is 6.11. The number of aromatic nitrogens is 2. The lowest BCUT2D eigenvalue weighted by Crippen LogP contribution is -1.87. The van der Waals surface area contributed by atoms with Crippen molar-refractivity contribution < 1.29 is 4.42 Å². The van der Waals surface area contributed by atoms with Gasteiger partial charge in [-0.2, -0.15) is 0 Å². The molecule has 19 heavy (non-hydrogen) atoms. The molecule has 0 saturated carbocycles. The number of halogens is 2. The first-order chi connectivity index (χ1) is 9.24. The lowest BCUT2D eigenvalue weighted by molar-refractivity contribution is 0.669. The van der Waals surface area contributed by atoms with Crippen LogP contribution in [0.4, 0.5) is 0 Å². The first-order valence-electron chi connectivity index (χ1n) is 5.67. The maximum atomic E-state index is 6.11. The summed E-state index contributed by atoms with van der Waals surface area (Å²) >= 11 is 12.0. The van der Waals surface area contributed by atoms with E-state index in [0.717, 1.165) is 27.3 Å². The summed E-state index contributed by atoms with van der Waals surface area (Å²) in [5.74, 6) is 0. The van der Waals surface area contributed by atoms with E-state index in [1.54, 1.807) is 0 Å². The van der Waals surface area contributed by atoms with Gasteiger partial charge < -0.3 is 4.42 Å². The van der Waals surface area contributed by atoms with Crippen LogP contribution < -0.4 is 0 Å². The minimum absolute atomic E-state index is 0.135. The average molecular weight is 289 g/mol. The first kappa shape index (κ1) is 11.0. The molecule has 0 spiro atoms. The standard InChI is InChI=1S/C14H6Cl2N2O/c15-13-8-5-6-10-11(12(8)17-14(16)18-13)7-3-1-2-4-9(7)19-10/h1-6H. The molecule has 2 aromatic heterocycles. The zero-order valence-electron chi connectivity index (χ0n) is 9.52. The second kappa shape index (κ2) is 3.83. The Morgan fingerprint density at radius 1 is 0.842 bits per heavy atom. The van der Waals surface area contributed by atoms with E-state index in [2.05, 4.69) is 9.97 Å². The Kier molecular flexibility index (Phi) is 2.22. The van der Waals surface area contributed by atoms with E-state index in [1.165, 1.54) is 0 Å². The fourth-order valence-corrected chi connectivity index (χ4v) is 2.78. The van der Waals surface area contributed by atoms with Gasteiger partial charge in [0.15, 0.2) is 0 Å². The van der Waals surface area contributed by atoms with Gasteiger partial charge in [-0.15, -0.1) is 0 Å². The molecular formula is C14H6Cl2N2O. The van der Waals surface area contributed by atoms with Crippen LogP contribution in [0.2, 0.25) is 10.4 Å². The van der Waals surface area contributed by atoms with Gasteiger partial charge in [-0.3, -0.25) is 0 Å². The highest BCUT2D eigenvalue weighted by molar-refractivity contribution is 6.37. The van der Waals surface area contributed by atoms with Crippen molar-refractivity contribution in [2.24, 2.45) is 0 Å². The van der Waals surface area contributed by atoms with Gasteiger partial charge in [0, 0.05) is 10.8 Å². The molecule has 92 valence electrons. The van der Waals surface area contributed by atoms with Gasteiger partial charge in [0.1, 0.15) is 16.3 Å². The molecule has 0 amide bonds. The summed E-state index contributed by atoms with van der Waals surface area (Å²) < 4.78 is 5.79. The Balaban J connectivity index is 2.36. The molecule has 0 unspecified atom stereocenters. The molecule has 3 nitrogen and oxygen atoms in total. The number of fused-ring (bicyclic) bond motifs is 5. The van der Waals surface area contributed by atoms with Gasteiger partial charge in [0.2, 0.25) is 5.28 Å². The van der Waals surface area contributed by atoms with E-state index >= 15 is 0 Å². The van der Waals surface area contributed by atoms with Gasteiger partial charge in [0.05, 0.1) is 10.9 Å².